The van der Waals surface area contributed by atoms with E-state index in [1.54, 1.807) is 4.90 Å². The van der Waals surface area contributed by atoms with E-state index >= 15 is 0 Å². The third-order valence-electron chi connectivity index (χ3n) is 6.54. The topological polar surface area (TPSA) is 95.9 Å². The molecule has 1 aliphatic carbocycles. The lowest BCUT2D eigenvalue weighted by atomic mass is 9.90. The van der Waals surface area contributed by atoms with Gasteiger partial charge < -0.3 is 20.1 Å². The van der Waals surface area contributed by atoms with Gasteiger partial charge in [0.1, 0.15) is 6.61 Å². The van der Waals surface area contributed by atoms with Gasteiger partial charge in [0.2, 0.25) is 5.91 Å². The molecular weight excluding hydrogens is 420 g/mol. The van der Waals surface area contributed by atoms with Crippen molar-refractivity contribution in [2.24, 2.45) is 11.8 Å². The van der Waals surface area contributed by atoms with Gasteiger partial charge in [-0.25, -0.2) is 4.79 Å². The summed E-state index contributed by atoms with van der Waals surface area (Å²) in [4.78, 5) is 37.7. The Balaban J connectivity index is 1.22. The molecule has 33 heavy (non-hydrogen) atoms. The largest absolute Gasteiger partial charge is 0.481 e. The Kier molecular flexibility index (Phi) is 6.96. The van der Waals surface area contributed by atoms with E-state index in [0.29, 0.717) is 25.9 Å². The molecule has 2 amide bonds. The second-order valence-electron chi connectivity index (χ2n) is 9.03. The van der Waals surface area contributed by atoms with Crippen LogP contribution in [0.4, 0.5) is 4.79 Å². The maximum atomic E-state index is 12.5. The fraction of sp³-hybridized carbons (Fsp3) is 0.423. The van der Waals surface area contributed by atoms with Crippen LogP contribution in [0.1, 0.15) is 43.2 Å². The number of hydrogen-bond acceptors (Lipinski definition) is 4. The number of aliphatic carboxylic acids is 1. The number of piperidine rings is 1. The summed E-state index contributed by atoms with van der Waals surface area (Å²) in [5.41, 5.74) is 4.68. The normalized spacial score (nSPS) is 19.5. The van der Waals surface area contributed by atoms with Crippen LogP contribution in [0.25, 0.3) is 11.1 Å². The Morgan fingerprint density at radius 2 is 1.67 bits per heavy atom. The van der Waals surface area contributed by atoms with E-state index in [4.69, 9.17) is 4.74 Å². The summed E-state index contributed by atoms with van der Waals surface area (Å²) in [6.45, 7) is 3.39. The van der Waals surface area contributed by atoms with Crippen molar-refractivity contribution in [2.75, 3.05) is 26.2 Å². The van der Waals surface area contributed by atoms with Gasteiger partial charge in [-0.3, -0.25) is 9.59 Å². The third kappa shape index (κ3) is 5.18. The molecule has 7 nitrogen and oxygen atoms in total. The molecular formula is C26H30N2O5. The average molecular weight is 451 g/mol. The van der Waals surface area contributed by atoms with Crippen molar-refractivity contribution in [1.82, 2.24) is 10.2 Å². The van der Waals surface area contributed by atoms with Crippen LogP contribution >= 0.6 is 0 Å². The van der Waals surface area contributed by atoms with Gasteiger partial charge in [-0.2, -0.15) is 0 Å². The second kappa shape index (κ2) is 10.1. The van der Waals surface area contributed by atoms with Gasteiger partial charge >= 0.3 is 12.1 Å². The average Bonchev–Trinajstić information content (AvgIpc) is 3.13. The van der Waals surface area contributed by atoms with E-state index in [9.17, 15) is 19.5 Å². The zero-order valence-corrected chi connectivity index (χ0v) is 18.8. The summed E-state index contributed by atoms with van der Waals surface area (Å²) in [7, 11) is 0. The Bertz CT molecular complexity index is 991. The summed E-state index contributed by atoms with van der Waals surface area (Å²) in [5, 5.41) is 12.0. The predicted molar refractivity (Wildman–Crippen MR) is 124 cm³/mol. The second-order valence-corrected chi connectivity index (χ2v) is 9.03. The molecule has 1 aliphatic heterocycles. The minimum atomic E-state index is -0.851. The highest BCUT2D eigenvalue weighted by Crippen LogP contribution is 2.44. The van der Waals surface area contributed by atoms with Crippen molar-refractivity contribution in [2.45, 2.75) is 32.1 Å². The van der Waals surface area contributed by atoms with Gasteiger partial charge in [0.05, 0.1) is 5.92 Å². The maximum absolute atomic E-state index is 12.5. The molecule has 174 valence electrons. The minimum Gasteiger partial charge on any atom is -0.481 e. The van der Waals surface area contributed by atoms with Gasteiger partial charge in [0.15, 0.2) is 0 Å². The fourth-order valence-electron chi connectivity index (χ4n) is 4.97. The molecule has 7 heteroatoms. The lowest BCUT2D eigenvalue weighted by Gasteiger charge is -2.34. The Hall–Kier alpha value is -3.35. The van der Waals surface area contributed by atoms with Gasteiger partial charge in [-0.15, -0.1) is 0 Å². The summed E-state index contributed by atoms with van der Waals surface area (Å²) < 4.78 is 5.51. The predicted octanol–water partition coefficient (Wildman–Crippen LogP) is 3.87. The number of benzene rings is 2. The number of amides is 2. The lowest BCUT2D eigenvalue weighted by molar-refractivity contribution is -0.146. The number of ether oxygens (including phenoxy) is 1. The van der Waals surface area contributed by atoms with Crippen LogP contribution in [0, 0.1) is 11.8 Å². The number of alkyl carbamates (subject to hydrolysis) is 1. The molecule has 2 atom stereocenters. The number of hydrogen-bond donors (Lipinski definition) is 2. The Morgan fingerprint density at radius 3 is 2.30 bits per heavy atom. The summed E-state index contributed by atoms with van der Waals surface area (Å²) in [6.07, 6.45) is 0.846. The first-order chi connectivity index (χ1) is 15.9. The standard InChI is InChI=1S/C26H30N2O5/c1-17-13-18(25(30)31)15-28(14-17)24(29)11-6-12-27-26(32)33-16-23-21-9-4-2-7-19(21)20-8-3-5-10-22(20)23/h2-5,7-10,17-18,23H,6,11-16H2,1H3,(H,27,32)(H,30,31). The number of carbonyl (C=O) groups excluding carboxylic acids is 2. The number of nitrogens with zero attached hydrogens (tertiary/aromatic N) is 1. The molecule has 1 saturated heterocycles. The Labute approximate surface area is 193 Å². The molecule has 2 aromatic rings. The van der Waals surface area contributed by atoms with Crippen LogP contribution < -0.4 is 5.32 Å². The van der Waals surface area contributed by atoms with E-state index in [1.165, 1.54) is 11.1 Å². The smallest absolute Gasteiger partial charge is 0.407 e. The van der Waals surface area contributed by atoms with E-state index in [-0.39, 0.29) is 37.3 Å². The first-order valence-corrected chi connectivity index (χ1v) is 11.5. The Morgan fingerprint density at radius 1 is 1.03 bits per heavy atom. The quantitative estimate of drug-likeness (QED) is 0.624. The van der Waals surface area contributed by atoms with Crippen LogP contribution in [0.2, 0.25) is 0 Å². The number of carboxylic acids is 1. The number of carboxylic acid groups (broad SMARTS) is 1. The molecule has 0 bridgehead atoms. The molecule has 0 spiro atoms. The molecule has 0 aromatic heterocycles. The number of fused-ring (bicyclic) bond motifs is 3. The monoisotopic (exact) mass is 450 g/mol. The number of carbonyl (C=O) groups is 3. The highest BCUT2D eigenvalue weighted by atomic mass is 16.5. The molecule has 1 heterocycles. The first kappa shape index (κ1) is 22.8. The minimum absolute atomic E-state index is 0.00741. The van der Waals surface area contributed by atoms with E-state index in [0.717, 1.165) is 11.1 Å². The zero-order valence-electron chi connectivity index (χ0n) is 18.8. The molecule has 2 aromatic carbocycles. The SMILES string of the molecule is CC1CC(C(=O)O)CN(C(=O)CCCNC(=O)OCC2c3ccccc3-c3ccccc32)C1. The van der Waals surface area contributed by atoms with Crippen molar-refractivity contribution < 1.29 is 24.2 Å². The number of likely N-dealkylation sites (tertiary alicyclic amines) is 1. The summed E-state index contributed by atoms with van der Waals surface area (Å²) in [6, 6.07) is 16.3. The molecule has 1 fully saturated rings. The van der Waals surface area contributed by atoms with Crippen molar-refractivity contribution in [3.63, 3.8) is 0 Å². The fourth-order valence-corrected chi connectivity index (χ4v) is 4.97. The van der Waals surface area contributed by atoms with Crippen molar-refractivity contribution >= 4 is 18.0 Å². The van der Waals surface area contributed by atoms with Crippen molar-refractivity contribution in [3.05, 3.63) is 59.7 Å². The highest BCUT2D eigenvalue weighted by molar-refractivity contribution is 5.79. The summed E-state index contributed by atoms with van der Waals surface area (Å²) in [5.74, 6) is -1.24. The molecule has 2 N–H and O–H groups in total. The zero-order chi connectivity index (χ0) is 23.4. The highest BCUT2D eigenvalue weighted by Gasteiger charge is 2.32. The van der Waals surface area contributed by atoms with E-state index < -0.39 is 18.0 Å². The van der Waals surface area contributed by atoms with Gasteiger partial charge in [0.25, 0.3) is 0 Å². The van der Waals surface area contributed by atoms with E-state index in [1.807, 2.05) is 31.2 Å². The molecule has 2 aliphatic rings. The maximum Gasteiger partial charge on any atom is 0.407 e. The van der Waals surface area contributed by atoms with Gasteiger partial charge in [-0.05, 0) is 41.0 Å². The summed E-state index contributed by atoms with van der Waals surface area (Å²) >= 11 is 0. The van der Waals surface area contributed by atoms with Crippen molar-refractivity contribution in [3.8, 4) is 11.1 Å². The lowest BCUT2D eigenvalue weighted by Crippen LogP contribution is -2.45. The van der Waals surface area contributed by atoms with Gasteiger partial charge in [0, 0.05) is 32.0 Å². The third-order valence-corrected chi connectivity index (χ3v) is 6.54. The molecule has 0 radical (unpaired) electrons. The van der Waals surface area contributed by atoms with Crippen LogP contribution in [0.3, 0.4) is 0 Å². The molecule has 0 saturated carbocycles. The van der Waals surface area contributed by atoms with Crippen LogP contribution in [-0.2, 0) is 14.3 Å². The van der Waals surface area contributed by atoms with E-state index in [2.05, 4.69) is 29.6 Å². The molecule has 4 rings (SSSR count). The first-order valence-electron chi connectivity index (χ1n) is 11.5. The van der Waals surface area contributed by atoms with Crippen LogP contribution in [-0.4, -0.2) is 54.2 Å². The van der Waals surface area contributed by atoms with Crippen molar-refractivity contribution in [1.29, 1.82) is 0 Å². The molecule has 2 unspecified atom stereocenters. The van der Waals surface area contributed by atoms with Crippen LogP contribution in [0.15, 0.2) is 48.5 Å². The van der Waals surface area contributed by atoms with Gasteiger partial charge in [-0.1, -0.05) is 55.5 Å². The number of nitrogens with one attached hydrogen (secondary N) is 1. The van der Waals surface area contributed by atoms with Crippen LogP contribution in [0.5, 0.6) is 0 Å². The number of rotatable bonds is 7.